The summed E-state index contributed by atoms with van der Waals surface area (Å²) in [7, 11) is 0. The molecule has 27 heavy (non-hydrogen) atoms. The SMILES string of the molecule is N#CC(=C1CCN(O)CC1)c1ccc(Cl)cn1.[Y].c1cc2c(s1)CC[N-]C2. The molecule has 139 valence electrons. The molecule has 2 aromatic rings. The third kappa shape index (κ3) is 6.44. The van der Waals surface area contributed by atoms with Gasteiger partial charge in [-0.3, -0.25) is 4.98 Å². The Hall–Kier alpha value is -0.646. The first-order valence-corrected chi connectivity index (χ1v) is 9.79. The molecule has 4 heterocycles. The predicted octanol–water partition coefficient (Wildman–Crippen LogP) is 4.67. The molecule has 0 amide bonds. The van der Waals surface area contributed by atoms with Crippen LogP contribution in [-0.4, -0.2) is 34.9 Å². The summed E-state index contributed by atoms with van der Waals surface area (Å²) in [6.45, 7) is 3.12. The second-order valence-electron chi connectivity index (χ2n) is 6.13. The van der Waals surface area contributed by atoms with Crippen molar-refractivity contribution in [1.29, 1.82) is 5.26 Å². The molecule has 4 rings (SSSR count). The van der Waals surface area contributed by atoms with Crippen molar-refractivity contribution in [2.75, 3.05) is 19.6 Å². The molecule has 0 saturated carbocycles. The van der Waals surface area contributed by atoms with E-state index >= 15 is 0 Å². The van der Waals surface area contributed by atoms with Crippen molar-refractivity contribution in [2.24, 2.45) is 0 Å². The van der Waals surface area contributed by atoms with Crippen LogP contribution in [0.15, 0.2) is 35.3 Å². The number of hydrogen-bond donors (Lipinski definition) is 1. The molecule has 0 bridgehead atoms. The van der Waals surface area contributed by atoms with E-state index < -0.39 is 0 Å². The number of rotatable bonds is 1. The van der Waals surface area contributed by atoms with E-state index in [2.05, 4.69) is 27.8 Å². The van der Waals surface area contributed by atoms with Crippen LogP contribution in [0.25, 0.3) is 10.9 Å². The van der Waals surface area contributed by atoms with Crippen molar-refractivity contribution < 1.29 is 37.9 Å². The van der Waals surface area contributed by atoms with Crippen LogP contribution in [0, 0.1) is 11.3 Å². The van der Waals surface area contributed by atoms with Crippen molar-refractivity contribution in [2.45, 2.75) is 25.8 Å². The number of aromatic nitrogens is 1. The number of allylic oxidation sites excluding steroid dienone is 1. The Kier molecular flexibility index (Phi) is 9.54. The molecule has 2 aliphatic heterocycles. The van der Waals surface area contributed by atoms with Crippen molar-refractivity contribution in [1.82, 2.24) is 10.0 Å². The Bertz CT molecular complexity index is 785. The number of piperidine rings is 1. The number of hydroxylamine groups is 2. The van der Waals surface area contributed by atoms with Gasteiger partial charge < -0.3 is 10.5 Å². The Morgan fingerprint density at radius 1 is 1.26 bits per heavy atom. The van der Waals surface area contributed by atoms with Gasteiger partial charge >= 0.3 is 0 Å². The van der Waals surface area contributed by atoms with Crippen LogP contribution >= 0.6 is 22.9 Å². The van der Waals surface area contributed by atoms with Gasteiger partial charge in [0.05, 0.1) is 16.3 Å². The van der Waals surface area contributed by atoms with Crippen LogP contribution < -0.4 is 0 Å². The number of pyridine rings is 1. The maximum Gasteiger partial charge on any atom is 0.101 e. The van der Waals surface area contributed by atoms with Gasteiger partial charge in [0.2, 0.25) is 0 Å². The van der Waals surface area contributed by atoms with Gasteiger partial charge in [0.1, 0.15) is 6.07 Å². The minimum atomic E-state index is 0. The molecule has 0 unspecified atom stereocenters. The zero-order chi connectivity index (χ0) is 18.4. The van der Waals surface area contributed by atoms with E-state index in [0.29, 0.717) is 42.2 Å². The average molecular weight is 477 g/mol. The summed E-state index contributed by atoms with van der Waals surface area (Å²) in [4.78, 5) is 5.70. The van der Waals surface area contributed by atoms with Gasteiger partial charge in [-0.05, 0) is 48.4 Å². The van der Waals surface area contributed by atoms with Gasteiger partial charge in [-0.25, -0.2) is 0 Å². The molecule has 0 aliphatic carbocycles. The smallest absolute Gasteiger partial charge is 0.101 e. The Morgan fingerprint density at radius 2 is 2.04 bits per heavy atom. The monoisotopic (exact) mass is 476 g/mol. The molecule has 1 radical (unpaired) electrons. The molecule has 2 aliphatic rings. The fourth-order valence-electron chi connectivity index (χ4n) is 2.96. The number of thiophene rings is 1. The quantitative estimate of drug-likeness (QED) is 0.607. The first kappa shape index (κ1) is 22.6. The fraction of sp³-hybridized carbons (Fsp3) is 0.368. The number of fused-ring (bicyclic) bond motifs is 1. The van der Waals surface area contributed by atoms with Crippen molar-refractivity contribution >= 4 is 28.5 Å². The largest absolute Gasteiger partial charge is 0.658 e. The van der Waals surface area contributed by atoms with Gasteiger partial charge in [-0.2, -0.15) is 10.3 Å². The van der Waals surface area contributed by atoms with Crippen molar-refractivity contribution in [3.05, 3.63) is 61.8 Å². The summed E-state index contributed by atoms with van der Waals surface area (Å²) in [5.74, 6) is 0. The Balaban J connectivity index is 0.000000220. The average Bonchev–Trinajstić information content (AvgIpc) is 3.15. The van der Waals surface area contributed by atoms with Crippen LogP contribution in [0.4, 0.5) is 0 Å². The zero-order valence-corrected chi connectivity index (χ0v) is 19.3. The molecule has 1 saturated heterocycles. The van der Waals surface area contributed by atoms with E-state index in [1.165, 1.54) is 23.2 Å². The third-order valence-electron chi connectivity index (χ3n) is 4.41. The second kappa shape index (κ2) is 11.4. The van der Waals surface area contributed by atoms with Crippen LogP contribution in [0.3, 0.4) is 0 Å². The normalized spacial score (nSPS) is 16.3. The minimum absolute atomic E-state index is 0. The molecule has 8 heteroatoms. The molecule has 1 N–H and O–H groups in total. The van der Waals surface area contributed by atoms with Gasteiger partial charge in [-0.15, -0.1) is 24.4 Å². The summed E-state index contributed by atoms with van der Waals surface area (Å²) in [5, 5.41) is 26.8. The molecule has 0 aromatic carbocycles. The Morgan fingerprint density at radius 3 is 2.67 bits per heavy atom. The van der Waals surface area contributed by atoms with E-state index in [-0.39, 0.29) is 32.7 Å². The summed E-state index contributed by atoms with van der Waals surface area (Å²) in [5.41, 5.74) is 3.76. The van der Waals surface area contributed by atoms with Crippen LogP contribution in [0.5, 0.6) is 0 Å². The maximum atomic E-state index is 9.28. The predicted molar refractivity (Wildman–Crippen MR) is 104 cm³/mol. The van der Waals surface area contributed by atoms with Gasteiger partial charge in [0, 0.05) is 56.9 Å². The molecule has 0 atom stereocenters. The number of nitrogens with zero attached hydrogens (tertiary/aromatic N) is 4. The number of nitriles is 1. The number of hydrogen-bond acceptors (Lipinski definition) is 5. The minimum Gasteiger partial charge on any atom is -0.658 e. The molecular weight excluding hydrogens is 457 g/mol. The maximum absolute atomic E-state index is 9.28. The van der Waals surface area contributed by atoms with E-state index in [9.17, 15) is 10.5 Å². The standard InChI is InChI=1S/C12H12ClN3O.C7H8NS.Y/c13-10-1-2-12(15-8-10)11(7-14)9-3-5-16(17)6-4-9;1-3-8-5-6-2-4-9-7(1)6;/h1-2,8,17H,3-6H2;2,4H,1,3,5H2;/q;-1;. The first-order valence-electron chi connectivity index (χ1n) is 8.53. The van der Waals surface area contributed by atoms with Crippen molar-refractivity contribution in [3.63, 3.8) is 0 Å². The topological polar surface area (TPSA) is 74.2 Å². The van der Waals surface area contributed by atoms with Gasteiger partial charge in [0.25, 0.3) is 0 Å². The summed E-state index contributed by atoms with van der Waals surface area (Å²) < 4.78 is 0. The fourth-order valence-corrected chi connectivity index (χ4v) is 3.96. The van der Waals surface area contributed by atoms with E-state index in [0.717, 1.165) is 18.7 Å². The first-order chi connectivity index (χ1) is 12.7. The Labute approximate surface area is 193 Å². The number of halogens is 1. The van der Waals surface area contributed by atoms with Gasteiger partial charge in [0.15, 0.2) is 0 Å². The summed E-state index contributed by atoms with van der Waals surface area (Å²) in [6.07, 6.45) is 4.11. The van der Waals surface area contributed by atoms with Crippen LogP contribution in [0.1, 0.15) is 29.0 Å². The zero-order valence-electron chi connectivity index (χ0n) is 14.9. The van der Waals surface area contributed by atoms with E-state index in [1.807, 2.05) is 11.3 Å². The molecule has 5 nitrogen and oxygen atoms in total. The van der Waals surface area contributed by atoms with E-state index in [1.54, 1.807) is 17.0 Å². The van der Waals surface area contributed by atoms with Crippen molar-refractivity contribution in [3.8, 4) is 6.07 Å². The van der Waals surface area contributed by atoms with E-state index in [4.69, 9.17) is 11.6 Å². The van der Waals surface area contributed by atoms with Gasteiger partial charge in [-0.1, -0.05) is 17.2 Å². The molecular formula is C19H20ClN4OSY-. The van der Waals surface area contributed by atoms with Crippen LogP contribution in [0.2, 0.25) is 5.02 Å². The third-order valence-corrected chi connectivity index (χ3v) is 5.66. The molecule has 0 spiro atoms. The second-order valence-corrected chi connectivity index (χ2v) is 7.57. The van der Waals surface area contributed by atoms with Crippen LogP contribution in [-0.2, 0) is 45.7 Å². The molecule has 2 aromatic heterocycles. The molecule has 1 fully saturated rings. The summed E-state index contributed by atoms with van der Waals surface area (Å²) in [6, 6.07) is 7.85. The summed E-state index contributed by atoms with van der Waals surface area (Å²) >= 11 is 7.63.